The molecule has 0 aliphatic carbocycles. The molecule has 0 unspecified atom stereocenters. The van der Waals surface area contributed by atoms with Gasteiger partial charge < -0.3 is 19.7 Å². The predicted molar refractivity (Wildman–Crippen MR) is 68.3 cm³/mol. The number of aromatic nitrogens is 1. The molecule has 1 aliphatic heterocycles. The van der Waals surface area contributed by atoms with Gasteiger partial charge in [0.1, 0.15) is 0 Å². The first-order valence-electron chi connectivity index (χ1n) is 5.93. The van der Waals surface area contributed by atoms with Crippen LogP contribution >= 0.6 is 0 Å². The SMILES string of the molecule is O=C(O)c1c[nH]c2cc(N3CCOCC3)ccc12. The number of morpholine rings is 1. The Morgan fingerprint density at radius 3 is 2.83 bits per heavy atom. The van der Waals surface area contributed by atoms with E-state index in [1.807, 2.05) is 18.2 Å². The number of aromatic amines is 1. The number of rotatable bonds is 2. The van der Waals surface area contributed by atoms with Crippen molar-refractivity contribution in [2.24, 2.45) is 0 Å². The van der Waals surface area contributed by atoms with Crippen molar-refractivity contribution in [3.8, 4) is 0 Å². The van der Waals surface area contributed by atoms with Crippen LogP contribution < -0.4 is 4.90 Å². The van der Waals surface area contributed by atoms with E-state index in [-0.39, 0.29) is 0 Å². The fraction of sp³-hybridized carbons (Fsp3) is 0.308. The monoisotopic (exact) mass is 246 g/mol. The number of anilines is 1. The zero-order valence-corrected chi connectivity index (χ0v) is 9.85. The number of hydrogen-bond acceptors (Lipinski definition) is 3. The number of fused-ring (bicyclic) bond motifs is 1. The van der Waals surface area contributed by atoms with Crippen molar-refractivity contribution in [1.29, 1.82) is 0 Å². The van der Waals surface area contributed by atoms with Crippen LogP contribution in [0.25, 0.3) is 10.9 Å². The molecule has 3 rings (SSSR count). The molecule has 0 bridgehead atoms. The Labute approximate surface area is 104 Å². The Balaban J connectivity index is 1.98. The first-order valence-corrected chi connectivity index (χ1v) is 5.93. The van der Waals surface area contributed by atoms with Crippen molar-refractivity contribution < 1.29 is 14.6 Å². The third-order valence-electron chi connectivity index (χ3n) is 3.27. The standard InChI is InChI=1S/C13H14N2O3/c16-13(17)11-8-14-12-7-9(1-2-10(11)12)15-3-5-18-6-4-15/h1-2,7-8,14H,3-6H2,(H,16,17). The lowest BCUT2D eigenvalue weighted by Gasteiger charge is -2.28. The maximum Gasteiger partial charge on any atom is 0.337 e. The van der Waals surface area contributed by atoms with Gasteiger partial charge in [0.15, 0.2) is 0 Å². The van der Waals surface area contributed by atoms with Crippen molar-refractivity contribution in [2.45, 2.75) is 0 Å². The Bertz CT molecular complexity index is 585. The molecule has 5 nitrogen and oxygen atoms in total. The molecule has 0 amide bonds. The molecule has 0 atom stereocenters. The smallest absolute Gasteiger partial charge is 0.337 e. The molecular formula is C13H14N2O3. The van der Waals surface area contributed by atoms with Gasteiger partial charge in [0.2, 0.25) is 0 Å². The van der Waals surface area contributed by atoms with Gasteiger partial charge in [-0.3, -0.25) is 0 Å². The van der Waals surface area contributed by atoms with Crippen LogP contribution in [0.4, 0.5) is 5.69 Å². The lowest BCUT2D eigenvalue weighted by Crippen LogP contribution is -2.36. The second-order valence-corrected chi connectivity index (χ2v) is 4.34. The Morgan fingerprint density at radius 2 is 2.11 bits per heavy atom. The van der Waals surface area contributed by atoms with Crippen LogP contribution in [-0.4, -0.2) is 42.4 Å². The summed E-state index contributed by atoms with van der Waals surface area (Å²) in [4.78, 5) is 16.3. The number of H-pyrrole nitrogens is 1. The van der Waals surface area contributed by atoms with Crippen molar-refractivity contribution in [1.82, 2.24) is 4.98 Å². The fourth-order valence-electron chi connectivity index (χ4n) is 2.31. The quantitative estimate of drug-likeness (QED) is 0.846. The summed E-state index contributed by atoms with van der Waals surface area (Å²) in [5.41, 5.74) is 2.28. The molecule has 1 fully saturated rings. The summed E-state index contributed by atoms with van der Waals surface area (Å²) in [5.74, 6) is -0.902. The number of carboxylic acid groups (broad SMARTS) is 1. The highest BCUT2D eigenvalue weighted by Gasteiger charge is 2.14. The summed E-state index contributed by atoms with van der Waals surface area (Å²) in [6, 6.07) is 5.82. The van der Waals surface area contributed by atoms with Crippen LogP contribution in [0.15, 0.2) is 24.4 Å². The third kappa shape index (κ3) is 1.82. The summed E-state index contributed by atoms with van der Waals surface area (Å²) >= 11 is 0. The second kappa shape index (κ2) is 4.34. The molecule has 5 heteroatoms. The molecule has 1 aliphatic rings. The number of ether oxygens (including phenoxy) is 1. The number of carbonyl (C=O) groups is 1. The van der Waals surface area contributed by atoms with Gasteiger partial charge >= 0.3 is 5.97 Å². The maximum absolute atomic E-state index is 11.0. The molecule has 1 aromatic carbocycles. The topological polar surface area (TPSA) is 65.6 Å². The van der Waals surface area contributed by atoms with Crippen LogP contribution in [0.5, 0.6) is 0 Å². The van der Waals surface area contributed by atoms with Gasteiger partial charge in [-0.05, 0) is 18.2 Å². The molecule has 1 saturated heterocycles. The summed E-state index contributed by atoms with van der Waals surface area (Å²) in [6.45, 7) is 3.22. The molecule has 2 heterocycles. The van der Waals surface area contributed by atoms with E-state index in [2.05, 4.69) is 9.88 Å². The van der Waals surface area contributed by atoms with Crippen LogP contribution in [0.2, 0.25) is 0 Å². The number of carboxylic acids is 1. The Hall–Kier alpha value is -2.01. The minimum Gasteiger partial charge on any atom is -0.478 e. The van der Waals surface area contributed by atoms with Crippen molar-refractivity contribution in [2.75, 3.05) is 31.2 Å². The second-order valence-electron chi connectivity index (χ2n) is 4.34. The van der Waals surface area contributed by atoms with Gasteiger partial charge in [0.05, 0.1) is 18.8 Å². The molecule has 2 aromatic rings. The van der Waals surface area contributed by atoms with E-state index in [0.29, 0.717) is 5.56 Å². The van der Waals surface area contributed by atoms with Gasteiger partial charge in [0, 0.05) is 35.9 Å². The van der Waals surface area contributed by atoms with E-state index in [9.17, 15) is 4.79 Å². The molecule has 2 N–H and O–H groups in total. The van der Waals surface area contributed by atoms with Gasteiger partial charge in [0.25, 0.3) is 0 Å². The Kier molecular flexibility index (Phi) is 2.68. The zero-order valence-electron chi connectivity index (χ0n) is 9.85. The molecule has 18 heavy (non-hydrogen) atoms. The highest BCUT2D eigenvalue weighted by atomic mass is 16.5. The van der Waals surface area contributed by atoms with Crippen LogP contribution in [0.1, 0.15) is 10.4 Å². The predicted octanol–water partition coefficient (Wildman–Crippen LogP) is 1.70. The highest BCUT2D eigenvalue weighted by molar-refractivity contribution is 6.03. The summed E-state index contributed by atoms with van der Waals surface area (Å²) in [7, 11) is 0. The maximum atomic E-state index is 11.0. The average molecular weight is 246 g/mol. The minimum absolute atomic E-state index is 0.318. The van der Waals surface area contributed by atoms with E-state index < -0.39 is 5.97 Å². The van der Waals surface area contributed by atoms with Crippen LogP contribution in [-0.2, 0) is 4.74 Å². The summed E-state index contributed by atoms with van der Waals surface area (Å²) < 4.78 is 5.32. The first kappa shape index (κ1) is 11.1. The molecule has 0 radical (unpaired) electrons. The Morgan fingerprint density at radius 1 is 1.33 bits per heavy atom. The molecule has 0 spiro atoms. The molecular weight excluding hydrogens is 232 g/mol. The summed E-state index contributed by atoms with van der Waals surface area (Å²) in [5, 5.41) is 9.79. The van der Waals surface area contributed by atoms with Crippen molar-refractivity contribution >= 4 is 22.6 Å². The first-order chi connectivity index (χ1) is 8.75. The van der Waals surface area contributed by atoms with E-state index in [0.717, 1.165) is 42.9 Å². The van der Waals surface area contributed by atoms with Gasteiger partial charge in [-0.2, -0.15) is 0 Å². The molecule has 94 valence electrons. The minimum atomic E-state index is -0.902. The van der Waals surface area contributed by atoms with E-state index in [1.165, 1.54) is 6.20 Å². The van der Waals surface area contributed by atoms with Crippen LogP contribution in [0, 0.1) is 0 Å². The van der Waals surface area contributed by atoms with Crippen molar-refractivity contribution in [3.05, 3.63) is 30.0 Å². The molecule has 1 aromatic heterocycles. The normalized spacial score (nSPS) is 16.1. The van der Waals surface area contributed by atoms with E-state index >= 15 is 0 Å². The fourth-order valence-corrected chi connectivity index (χ4v) is 2.31. The summed E-state index contributed by atoms with van der Waals surface area (Å²) in [6.07, 6.45) is 1.54. The third-order valence-corrected chi connectivity index (χ3v) is 3.27. The number of aromatic carboxylic acids is 1. The average Bonchev–Trinajstić information content (AvgIpc) is 2.82. The number of nitrogens with one attached hydrogen (secondary N) is 1. The van der Waals surface area contributed by atoms with Gasteiger partial charge in [-0.1, -0.05) is 0 Å². The largest absolute Gasteiger partial charge is 0.478 e. The highest BCUT2D eigenvalue weighted by Crippen LogP contribution is 2.24. The van der Waals surface area contributed by atoms with Crippen molar-refractivity contribution in [3.63, 3.8) is 0 Å². The van der Waals surface area contributed by atoms with Crippen LogP contribution in [0.3, 0.4) is 0 Å². The van der Waals surface area contributed by atoms with E-state index in [1.54, 1.807) is 0 Å². The van der Waals surface area contributed by atoms with Gasteiger partial charge in [-0.15, -0.1) is 0 Å². The van der Waals surface area contributed by atoms with E-state index in [4.69, 9.17) is 9.84 Å². The number of nitrogens with zero attached hydrogens (tertiary/aromatic N) is 1. The zero-order chi connectivity index (χ0) is 12.5. The molecule has 0 saturated carbocycles. The lowest BCUT2D eigenvalue weighted by atomic mass is 10.1. The number of hydrogen-bond donors (Lipinski definition) is 2. The number of benzene rings is 1. The lowest BCUT2D eigenvalue weighted by molar-refractivity contribution is 0.0699. The van der Waals surface area contributed by atoms with Gasteiger partial charge in [-0.25, -0.2) is 4.79 Å².